The second-order valence-corrected chi connectivity index (χ2v) is 4.45. The van der Waals surface area contributed by atoms with E-state index in [1.54, 1.807) is 25.2 Å². The summed E-state index contributed by atoms with van der Waals surface area (Å²) in [6.45, 7) is 2.12. The van der Waals surface area contributed by atoms with Gasteiger partial charge in [0, 0.05) is 32.0 Å². The number of benzene rings is 1. The third-order valence-corrected chi connectivity index (χ3v) is 3.00. The number of rotatable bonds is 6. The molecule has 0 saturated heterocycles. The van der Waals surface area contributed by atoms with Crippen molar-refractivity contribution < 1.29 is 14.3 Å². The van der Waals surface area contributed by atoms with Crippen molar-refractivity contribution in [2.45, 2.75) is 19.4 Å². The highest BCUT2D eigenvalue weighted by atomic mass is 16.5. The number of carbonyl (C=O) groups is 2. The Labute approximate surface area is 118 Å². The Hall–Kier alpha value is -1.92. The van der Waals surface area contributed by atoms with Crippen molar-refractivity contribution in [2.75, 3.05) is 26.0 Å². The summed E-state index contributed by atoms with van der Waals surface area (Å²) in [5.74, 6) is -0.327. The van der Waals surface area contributed by atoms with Gasteiger partial charge in [0.15, 0.2) is 0 Å². The standard InChI is InChI=1S/C14H21N3O3/c1-9-6-10(14(19)16-2)4-5-12(9)17-13(18)7-11(8-15)20-3/h4-6,11H,7-8,15H2,1-3H3,(H,16,19)(H,17,18). The van der Waals surface area contributed by atoms with Crippen LogP contribution in [0.3, 0.4) is 0 Å². The number of hydrogen-bond donors (Lipinski definition) is 3. The van der Waals surface area contributed by atoms with Gasteiger partial charge in [-0.25, -0.2) is 0 Å². The highest BCUT2D eigenvalue weighted by molar-refractivity contribution is 5.96. The van der Waals surface area contributed by atoms with Gasteiger partial charge in [0.2, 0.25) is 5.91 Å². The molecule has 110 valence electrons. The van der Waals surface area contributed by atoms with Crippen LogP contribution < -0.4 is 16.4 Å². The Morgan fingerprint density at radius 3 is 2.60 bits per heavy atom. The summed E-state index contributed by atoms with van der Waals surface area (Å²) in [7, 11) is 3.10. The molecule has 0 aromatic heterocycles. The third kappa shape index (κ3) is 4.32. The largest absolute Gasteiger partial charge is 0.380 e. The predicted molar refractivity (Wildman–Crippen MR) is 77.7 cm³/mol. The second-order valence-electron chi connectivity index (χ2n) is 4.45. The fraction of sp³-hybridized carbons (Fsp3) is 0.429. The molecule has 0 saturated carbocycles. The monoisotopic (exact) mass is 279 g/mol. The maximum Gasteiger partial charge on any atom is 0.251 e. The van der Waals surface area contributed by atoms with Gasteiger partial charge in [0.25, 0.3) is 5.91 Å². The Bertz CT molecular complexity index is 485. The van der Waals surface area contributed by atoms with Crippen LogP contribution in [-0.4, -0.2) is 38.6 Å². The van der Waals surface area contributed by atoms with Crippen LogP contribution in [0.25, 0.3) is 0 Å². The molecule has 1 aromatic carbocycles. The summed E-state index contributed by atoms with van der Waals surface area (Å²) >= 11 is 0. The van der Waals surface area contributed by atoms with Gasteiger partial charge in [-0.3, -0.25) is 9.59 Å². The number of amides is 2. The minimum Gasteiger partial charge on any atom is -0.380 e. The molecule has 0 fully saturated rings. The van der Waals surface area contributed by atoms with Crippen LogP contribution in [0.15, 0.2) is 18.2 Å². The van der Waals surface area contributed by atoms with E-state index in [1.807, 2.05) is 6.92 Å². The molecule has 1 unspecified atom stereocenters. The third-order valence-electron chi connectivity index (χ3n) is 3.00. The van der Waals surface area contributed by atoms with E-state index in [0.717, 1.165) is 5.56 Å². The fourth-order valence-electron chi connectivity index (χ4n) is 1.76. The molecule has 2 amide bonds. The molecule has 0 aliphatic rings. The van der Waals surface area contributed by atoms with Crippen molar-refractivity contribution in [2.24, 2.45) is 5.73 Å². The summed E-state index contributed by atoms with van der Waals surface area (Å²) in [6.07, 6.45) is -0.0932. The topological polar surface area (TPSA) is 93.5 Å². The number of anilines is 1. The maximum atomic E-state index is 11.8. The van der Waals surface area contributed by atoms with Crippen LogP contribution in [0, 0.1) is 6.92 Å². The zero-order chi connectivity index (χ0) is 15.1. The highest BCUT2D eigenvalue weighted by Crippen LogP contribution is 2.17. The van der Waals surface area contributed by atoms with Gasteiger partial charge in [-0.2, -0.15) is 0 Å². The fourth-order valence-corrected chi connectivity index (χ4v) is 1.76. The number of ether oxygens (including phenoxy) is 1. The van der Waals surface area contributed by atoms with Crippen LogP contribution in [0.2, 0.25) is 0 Å². The first-order valence-electron chi connectivity index (χ1n) is 6.37. The summed E-state index contributed by atoms with van der Waals surface area (Å²) in [5, 5.41) is 5.34. The summed E-state index contributed by atoms with van der Waals surface area (Å²) in [4.78, 5) is 23.3. The normalized spacial score (nSPS) is 11.8. The molecule has 6 heteroatoms. The average Bonchev–Trinajstić information content (AvgIpc) is 2.45. The first-order valence-corrected chi connectivity index (χ1v) is 6.37. The average molecular weight is 279 g/mol. The molecule has 1 aromatic rings. The van der Waals surface area contributed by atoms with Gasteiger partial charge < -0.3 is 21.1 Å². The lowest BCUT2D eigenvalue weighted by Gasteiger charge is -2.14. The van der Waals surface area contributed by atoms with Crippen molar-refractivity contribution in [1.29, 1.82) is 0 Å². The molecule has 20 heavy (non-hydrogen) atoms. The number of hydrogen-bond acceptors (Lipinski definition) is 4. The van der Waals surface area contributed by atoms with Crippen molar-refractivity contribution in [1.82, 2.24) is 5.32 Å². The molecule has 4 N–H and O–H groups in total. The number of aryl methyl sites for hydroxylation is 1. The zero-order valence-corrected chi connectivity index (χ0v) is 12.0. The molecular weight excluding hydrogens is 258 g/mol. The van der Waals surface area contributed by atoms with E-state index in [2.05, 4.69) is 10.6 Å². The van der Waals surface area contributed by atoms with Crippen molar-refractivity contribution in [3.63, 3.8) is 0 Å². The number of methoxy groups -OCH3 is 1. The molecule has 0 radical (unpaired) electrons. The Morgan fingerprint density at radius 2 is 2.10 bits per heavy atom. The summed E-state index contributed by atoms with van der Waals surface area (Å²) in [5.41, 5.74) is 7.53. The zero-order valence-electron chi connectivity index (χ0n) is 12.0. The lowest BCUT2D eigenvalue weighted by molar-refractivity contribution is -0.118. The molecule has 0 aliphatic carbocycles. The second kappa shape index (κ2) is 7.62. The van der Waals surface area contributed by atoms with Crippen LogP contribution in [-0.2, 0) is 9.53 Å². The Balaban J connectivity index is 2.73. The minimum atomic E-state index is -0.291. The smallest absolute Gasteiger partial charge is 0.251 e. The highest BCUT2D eigenvalue weighted by Gasteiger charge is 2.13. The predicted octanol–water partition coefficient (Wildman–Crippen LogP) is 0.657. The summed E-state index contributed by atoms with van der Waals surface area (Å²) in [6, 6.07) is 5.10. The molecule has 0 bridgehead atoms. The van der Waals surface area contributed by atoms with Gasteiger partial charge >= 0.3 is 0 Å². The number of nitrogens with two attached hydrogens (primary N) is 1. The van der Waals surface area contributed by atoms with Gasteiger partial charge in [-0.05, 0) is 30.7 Å². The van der Waals surface area contributed by atoms with Gasteiger partial charge in [-0.1, -0.05) is 0 Å². The Kier molecular flexibility index (Phi) is 6.14. The molecule has 0 spiro atoms. The quantitative estimate of drug-likeness (QED) is 0.713. The van der Waals surface area contributed by atoms with E-state index in [9.17, 15) is 9.59 Å². The van der Waals surface area contributed by atoms with E-state index in [4.69, 9.17) is 10.5 Å². The number of nitrogens with one attached hydrogen (secondary N) is 2. The molecule has 0 heterocycles. The van der Waals surface area contributed by atoms with Crippen LogP contribution in [0.1, 0.15) is 22.3 Å². The van der Waals surface area contributed by atoms with Crippen LogP contribution >= 0.6 is 0 Å². The lowest BCUT2D eigenvalue weighted by atomic mass is 10.1. The summed E-state index contributed by atoms with van der Waals surface area (Å²) < 4.78 is 5.06. The van der Waals surface area contributed by atoms with Crippen molar-refractivity contribution in [3.05, 3.63) is 29.3 Å². The molecule has 6 nitrogen and oxygen atoms in total. The first kappa shape index (κ1) is 16.1. The SMILES string of the molecule is CNC(=O)c1ccc(NC(=O)CC(CN)OC)c(C)c1. The number of carbonyl (C=O) groups excluding carboxylic acids is 2. The van der Waals surface area contributed by atoms with Crippen LogP contribution in [0.4, 0.5) is 5.69 Å². The van der Waals surface area contributed by atoms with E-state index in [1.165, 1.54) is 7.11 Å². The lowest BCUT2D eigenvalue weighted by Crippen LogP contribution is -2.28. The van der Waals surface area contributed by atoms with Gasteiger partial charge in [0.1, 0.15) is 0 Å². The molecule has 1 rings (SSSR count). The minimum absolute atomic E-state index is 0.159. The maximum absolute atomic E-state index is 11.8. The van der Waals surface area contributed by atoms with Gasteiger partial charge in [0.05, 0.1) is 12.5 Å². The van der Waals surface area contributed by atoms with Gasteiger partial charge in [-0.15, -0.1) is 0 Å². The molecular formula is C14H21N3O3. The molecule has 0 aliphatic heterocycles. The Morgan fingerprint density at radius 1 is 1.40 bits per heavy atom. The van der Waals surface area contributed by atoms with E-state index < -0.39 is 0 Å². The van der Waals surface area contributed by atoms with E-state index in [0.29, 0.717) is 17.8 Å². The van der Waals surface area contributed by atoms with Crippen molar-refractivity contribution in [3.8, 4) is 0 Å². The van der Waals surface area contributed by atoms with E-state index in [-0.39, 0.29) is 24.3 Å². The van der Waals surface area contributed by atoms with Crippen molar-refractivity contribution >= 4 is 17.5 Å². The first-order chi connectivity index (χ1) is 9.51. The van der Waals surface area contributed by atoms with Crippen LogP contribution in [0.5, 0.6) is 0 Å². The molecule has 1 atom stereocenters. The van der Waals surface area contributed by atoms with E-state index >= 15 is 0 Å².